The molecule has 0 radical (unpaired) electrons. The molecule has 2 aromatic rings. The summed E-state index contributed by atoms with van der Waals surface area (Å²) in [6.07, 6.45) is 0.960. The van der Waals surface area contributed by atoms with Crippen molar-refractivity contribution in [2.75, 3.05) is 19.6 Å². The smallest absolute Gasteiger partial charge is 0.292 e. The number of rotatable bonds is 3. The second-order valence-electron chi connectivity index (χ2n) is 5.08. The molecule has 1 aliphatic rings. The first-order valence-corrected chi connectivity index (χ1v) is 6.79. The first-order valence-electron chi connectivity index (χ1n) is 6.79. The summed E-state index contributed by atoms with van der Waals surface area (Å²) in [5.74, 6) is 0.590. The molecular weight excluding hydrogens is 254 g/mol. The Labute approximate surface area is 117 Å². The summed E-state index contributed by atoms with van der Waals surface area (Å²) in [5, 5.41) is 3.97. The van der Waals surface area contributed by atoms with E-state index in [0.29, 0.717) is 30.5 Å². The van der Waals surface area contributed by atoms with E-state index in [1.54, 1.807) is 11.0 Å². The quantitative estimate of drug-likeness (QED) is 0.923. The van der Waals surface area contributed by atoms with Gasteiger partial charge in [-0.1, -0.05) is 35.5 Å². The predicted molar refractivity (Wildman–Crippen MR) is 75.0 cm³/mol. The van der Waals surface area contributed by atoms with E-state index in [1.165, 1.54) is 0 Å². The second kappa shape index (κ2) is 5.46. The zero-order valence-corrected chi connectivity index (χ0v) is 11.2. The van der Waals surface area contributed by atoms with E-state index in [9.17, 15) is 4.79 Å². The Morgan fingerprint density at radius 2 is 2.20 bits per heavy atom. The third-order valence-corrected chi connectivity index (χ3v) is 3.70. The van der Waals surface area contributed by atoms with Crippen molar-refractivity contribution in [3.63, 3.8) is 0 Å². The van der Waals surface area contributed by atoms with Crippen molar-refractivity contribution < 1.29 is 9.32 Å². The molecule has 2 N–H and O–H groups in total. The van der Waals surface area contributed by atoms with Crippen LogP contribution in [0.4, 0.5) is 0 Å². The van der Waals surface area contributed by atoms with Crippen molar-refractivity contribution in [1.82, 2.24) is 10.1 Å². The first-order chi connectivity index (χ1) is 9.78. The minimum atomic E-state index is -0.101. The highest BCUT2D eigenvalue weighted by molar-refractivity contribution is 5.92. The van der Waals surface area contributed by atoms with Crippen LogP contribution in [0.3, 0.4) is 0 Å². The van der Waals surface area contributed by atoms with Crippen molar-refractivity contribution in [3.05, 3.63) is 42.2 Å². The Kier molecular flexibility index (Phi) is 3.52. The van der Waals surface area contributed by atoms with Crippen LogP contribution in [0.5, 0.6) is 0 Å². The summed E-state index contributed by atoms with van der Waals surface area (Å²) in [5.41, 5.74) is 7.27. The highest BCUT2D eigenvalue weighted by atomic mass is 16.5. The fourth-order valence-corrected chi connectivity index (χ4v) is 2.49. The van der Waals surface area contributed by atoms with E-state index in [1.807, 2.05) is 30.3 Å². The Morgan fingerprint density at radius 1 is 1.40 bits per heavy atom. The molecule has 3 rings (SSSR count). The highest BCUT2D eigenvalue weighted by Gasteiger charge is 2.28. The lowest BCUT2D eigenvalue weighted by Gasteiger charge is -2.13. The zero-order chi connectivity index (χ0) is 13.9. The van der Waals surface area contributed by atoms with Gasteiger partial charge in [-0.25, -0.2) is 0 Å². The molecule has 1 saturated heterocycles. The number of carbonyl (C=O) groups is 1. The summed E-state index contributed by atoms with van der Waals surface area (Å²) in [6, 6.07) is 11.4. The van der Waals surface area contributed by atoms with E-state index in [-0.39, 0.29) is 5.91 Å². The second-order valence-corrected chi connectivity index (χ2v) is 5.08. The van der Waals surface area contributed by atoms with Crippen molar-refractivity contribution in [2.24, 2.45) is 11.7 Å². The third-order valence-electron chi connectivity index (χ3n) is 3.70. The molecule has 1 aromatic heterocycles. The first kappa shape index (κ1) is 12.9. The number of carbonyl (C=O) groups excluding carboxylic acids is 1. The number of nitrogens with two attached hydrogens (primary N) is 1. The van der Waals surface area contributed by atoms with Gasteiger partial charge in [-0.3, -0.25) is 4.79 Å². The monoisotopic (exact) mass is 271 g/mol. The molecule has 5 nitrogen and oxygen atoms in total. The summed E-state index contributed by atoms with van der Waals surface area (Å²) in [6.45, 7) is 2.06. The number of hydrogen-bond acceptors (Lipinski definition) is 4. The van der Waals surface area contributed by atoms with Crippen LogP contribution < -0.4 is 5.73 Å². The molecule has 1 aliphatic heterocycles. The number of benzene rings is 1. The fourth-order valence-electron chi connectivity index (χ4n) is 2.49. The fraction of sp³-hybridized carbons (Fsp3) is 0.333. The van der Waals surface area contributed by atoms with Crippen molar-refractivity contribution >= 4 is 5.91 Å². The van der Waals surface area contributed by atoms with Gasteiger partial charge in [0.1, 0.15) is 5.69 Å². The van der Waals surface area contributed by atoms with Crippen LogP contribution in [-0.2, 0) is 0 Å². The van der Waals surface area contributed by atoms with Gasteiger partial charge >= 0.3 is 0 Å². The van der Waals surface area contributed by atoms with Gasteiger partial charge < -0.3 is 15.2 Å². The van der Waals surface area contributed by atoms with Gasteiger partial charge in [0.2, 0.25) is 5.76 Å². The number of amides is 1. The largest absolute Gasteiger partial charge is 0.350 e. The molecule has 0 spiro atoms. The lowest BCUT2D eigenvalue weighted by molar-refractivity contribution is 0.0746. The Morgan fingerprint density at radius 3 is 2.90 bits per heavy atom. The van der Waals surface area contributed by atoms with Crippen LogP contribution in [-0.4, -0.2) is 35.6 Å². The minimum Gasteiger partial charge on any atom is -0.350 e. The third kappa shape index (κ3) is 2.44. The molecule has 0 bridgehead atoms. The normalized spacial score (nSPS) is 18.4. The van der Waals surface area contributed by atoms with Gasteiger partial charge in [-0.2, -0.15) is 0 Å². The molecule has 2 heterocycles. The van der Waals surface area contributed by atoms with Crippen LogP contribution in [0.2, 0.25) is 0 Å². The highest BCUT2D eigenvalue weighted by Crippen LogP contribution is 2.22. The molecule has 1 amide bonds. The van der Waals surface area contributed by atoms with Gasteiger partial charge in [0, 0.05) is 24.7 Å². The lowest BCUT2D eigenvalue weighted by atomic mass is 10.1. The Hall–Kier alpha value is -2.14. The van der Waals surface area contributed by atoms with Gasteiger partial charge in [0.25, 0.3) is 5.91 Å². The van der Waals surface area contributed by atoms with Crippen molar-refractivity contribution in [2.45, 2.75) is 6.42 Å². The van der Waals surface area contributed by atoms with Crippen molar-refractivity contribution in [1.29, 1.82) is 0 Å². The summed E-state index contributed by atoms with van der Waals surface area (Å²) < 4.78 is 5.19. The maximum atomic E-state index is 12.3. The average molecular weight is 271 g/mol. The predicted octanol–water partition coefficient (Wildman–Crippen LogP) is 1.76. The standard InChI is InChI=1S/C15H17N3O2/c16-9-11-6-7-18(10-11)15(19)14-8-13(17-20-14)12-4-2-1-3-5-12/h1-5,8,11H,6-7,9-10,16H2. The van der Waals surface area contributed by atoms with Crippen LogP contribution in [0.1, 0.15) is 17.0 Å². The van der Waals surface area contributed by atoms with E-state index in [4.69, 9.17) is 10.3 Å². The minimum absolute atomic E-state index is 0.101. The number of likely N-dealkylation sites (tertiary alicyclic amines) is 1. The van der Waals surface area contributed by atoms with Gasteiger partial charge in [0.05, 0.1) is 0 Å². The maximum absolute atomic E-state index is 12.3. The SMILES string of the molecule is NCC1CCN(C(=O)c2cc(-c3ccccc3)no2)C1. The van der Waals surface area contributed by atoms with Gasteiger partial charge in [0.15, 0.2) is 0 Å². The number of nitrogens with zero attached hydrogens (tertiary/aromatic N) is 2. The van der Waals surface area contributed by atoms with Crippen LogP contribution in [0, 0.1) is 5.92 Å². The molecule has 1 atom stereocenters. The summed E-state index contributed by atoms with van der Waals surface area (Å²) in [4.78, 5) is 14.1. The van der Waals surface area contributed by atoms with Gasteiger partial charge in [-0.05, 0) is 18.9 Å². The molecule has 1 aromatic carbocycles. The van der Waals surface area contributed by atoms with Crippen LogP contribution in [0.25, 0.3) is 11.3 Å². The average Bonchev–Trinajstić information content (AvgIpc) is 3.17. The number of aromatic nitrogens is 1. The van der Waals surface area contributed by atoms with E-state index in [0.717, 1.165) is 18.5 Å². The van der Waals surface area contributed by atoms with Crippen molar-refractivity contribution in [3.8, 4) is 11.3 Å². The molecule has 0 aliphatic carbocycles. The van der Waals surface area contributed by atoms with E-state index >= 15 is 0 Å². The summed E-state index contributed by atoms with van der Waals surface area (Å²) in [7, 11) is 0. The molecular formula is C15H17N3O2. The van der Waals surface area contributed by atoms with Gasteiger partial charge in [-0.15, -0.1) is 0 Å². The maximum Gasteiger partial charge on any atom is 0.292 e. The van der Waals surface area contributed by atoms with Crippen LogP contribution in [0.15, 0.2) is 40.9 Å². The zero-order valence-electron chi connectivity index (χ0n) is 11.2. The molecule has 1 unspecified atom stereocenters. The Bertz CT molecular complexity index is 594. The van der Waals surface area contributed by atoms with Crippen LogP contribution >= 0.6 is 0 Å². The lowest BCUT2D eigenvalue weighted by Crippen LogP contribution is -2.29. The summed E-state index contributed by atoms with van der Waals surface area (Å²) >= 11 is 0. The van der Waals surface area contributed by atoms with E-state index in [2.05, 4.69) is 5.16 Å². The topological polar surface area (TPSA) is 72.4 Å². The molecule has 5 heteroatoms. The Balaban J connectivity index is 1.76. The molecule has 104 valence electrons. The number of hydrogen-bond donors (Lipinski definition) is 1. The molecule has 0 saturated carbocycles. The molecule has 1 fully saturated rings. The molecule has 20 heavy (non-hydrogen) atoms. The van der Waals surface area contributed by atoms with E-state index < -0.39 is 0 Å².